The number of benzene rings is 1. The zero-order chi connectivity index (χ0) is 15.8. The molecule has 21 heavy (non-hydrogen) atoms. The summed E-state index contributed by atoms with van der Waals surface area (Å²) in [5.41, 5.74) is -1.14. The summed E-state index contributed by atoms with van der Waals surface area (Å²) >= 11 is 6.07. The molecular formula is C11H11ClN4O4S. The first-order valence-electron chi connectivity index (χ1n) is 5.73. The molecule has 0 saturated carbocycles. The van der Waals surface area contributed by atoms with Gasteiger partial charge in [0.25, 0.3) is 0 Å². The second-order valence-electron chi connectivity index (χ2n) is 4.75. The largest absolute Gasteiger partial charge is 0.478 e. The van der Waals surface area contributed by atoms with E-state index in [9.17, 15) is 13.2 Å². The topological polar surface area (TPSA) is 121 Å². The van der Waals surface area contributed by atoms with Crippen LogP contribution in [0.5, 0.6) is 0 Å². The average molecular weight is 331 g/mol. The van der Waals surface area contributed by atoms with Crippen LogP contribution < -0.4 is 0 Å². The van der Waals surface area contributed by atoms with Gasteiger partial charge in [-0.1, -0.05) is 11.6 Å². The Hall–Kier alpha value is -1.87. The highest BCUT2D eigenvalue weighted by Gasteiger charge is 2.32. The summed E-state index contributed by atoms with van der Waals surface area (Å²) < 4.78 is 23.7. The molecule has 0 aliphatic carbocycles. The van der Waals surface area contributed by atoms with E-state index in [2.05, 4.69) is 20.7 Å². The minimum atomic E-state index is -3.59. The minimum absolute atomic E-state index is 0.0254. The summed E-state index contributed by atoms with van der Waals surface area (Å²) in [6.45, 7) is 1.59. The number of nitrogens with zero attached hydrogens (tertiary/aromatic N) is 4. The molecule has 0 spiro atoms. The molecule has 0 aromatic heterocycles. The Kier molecular flexibility index (Phi) is 3.81. The smallest absolute Gasteiger partial charge is 0.337 e. The van der Waals surface area contributed by atoms with Crippen molar-refractivity contribution in [1.82, 2.24) is 0 Å². The first-order chi connectivity index (χ1) is 9.64. The van der Waals surface area contributed by atoms with Crippen molar-refractivity contribution in [2.75, 3.05) is 6.26 Å². The lowest BCUT2D eigenvalue weighted by atomic mass is 10.0. The lowest BCUT2D eigenvalue weighted by Crippen LogP contribution is -2.22. The highest BCUT2D eigenvalue weighted by Crippen LogP contribution is 2.34. The van der Waals surface area contributed by atoms with Gasteiger partial charge in [-0.2, -0.15) is 0 Å². The normalized spacial score (nSPS) is 16.3. The number of carboxylic acid groups (broad SMARTS) is 1. The number of carbonyl (C=O) groups is 1. The van der Waals surface area contributed by atoms with Crippen LogP contribution in [0.2, 0.25) is 5.02 Å². The maximum atomic E-state index is 11.9. The van der Waals surface area contributed by atoms with E-state index in [1.807, 2.05) is 0 Å². The van der Waals surface area contributed by atoms with Crippen molar-refractivity contribution < 1.29 is 18.3 Å². The van der Waals surface area contributed by atoms with Crippen molar-refractivity contribution in [3.8, 4) is 0 Å². The maximum Gasteiger partial charge on any atom is 0.337 e. The zero-order valence-electron chi connectivity index (χ0n) is 11.1. The zero-order valence-corrected chi connectivity index (χ0v) is 12.7. The lowest BCUT2D eigenvalue weighted by molar-refractivity contribution is 0.0696. The molecule has 2 rings (SSSR count). The third-order valence-electron chi connectivity index (χ3n) is 2.90. The molecule has 0 radical (unpaired) electrons. The molecule has 1 aromatic rings. The van der Waals surface area contributed by atoms with Crippen molar-refractivity contribution in [3.05, 3.63) is 28.3 Å². The predicted molar refractivity (Wildman–Crippen MR) is 73.3 cm³/mol. The summed E-state index contributed by atoms with van der Waals surface area (Å²) in [5.74, 6) is -1.25. The van der Waals surface area contributed by atoms with Crippen molar-refractivity contribution in [1.29, 1.82) is 0 Å². The quantitative estimate of drug-likeness (QED) is 0.911. The van der Waals surface area contributed by atoms with Gasteiger partial charge in [-0.25, -0.2) is 13.2 Å². The summed E-state index contributed by atoms with van der Waals surface area (Å²) in [6.07, 6.45) is 0.991. The molecular weight excluding hydrogens is 320 g/mol. The Balaban J connectivity index is 2.65. The van der Waals surface area contributed by atoms with Crippen molar-refractivity contribution in [2.45, 2.75) is 23.9 Å². The third-order valence-corrected chi connectivity index (χ3v) is 4.52. The number of hydrogen-bond donors (Lipinski definition) is 1. The van der Waals surface area contributed by atoms with E-state index in [1.165, 1.54) is 6.07 Å². The molecule has 1 aromatic carbocycles. The van der Waals surface area contributed by atoms with E-state index in [4.69, 9.17) is 16.7 Å². The number of rotatable bonds is 4. The van der Waals surface area contributed by atoms with Gasteiger partial charge in [-0.3, -0.25) is 0 Å². The van der Waals surface area contributed by atoms with Crippen LogP contribution in [0, 0.1) is 0 Å². The molecule has 1 heterocycles. The number of carboxylic acids is 1. The van der Waals surface area contributed by atoms with Gasteiger partial charge >= 0.3 is 5.97 Å². The summed E-state index contributed by atoms with van der Waals surface area (Å²) in [6, 6.07) is 2.37. The first-order valence-corrected chi connectivity index (χ1v) is 8.00. The molecule has 1 aliphatic rings. The fourth-order valence-corrected chi connectivity index (χ4v) is 3.24. The van der Waals surface area contributed by atoms with Crippen LogP contribution in [0.3, 0.4) is 0 Å². The molecule has 0 unspecified atom stereocenters. The highest BCUT2D eigenvalue weighted by molar-refractivity contribution is 7.90. The van der Waals surface area contributed by atoms with E-state index in [0.29, 0.717) is 0 Å². The van der Waals surface area contributed by atoms with E-state index < -0.39 is 21.5 Å². The number of sulfone groups is 1. The van der Waals surface area contributed by atoms with Gasteiger partial charge in [-0.05, 0) is 35.1 Å². The molecule has 8 nitrogen and oxygen atoms in total. The van der Waals surface area contributed by atoms with Crippen LogP contribution in [0.1, 0.15) is 22.8 Å². The highest BCUT2D eigenvalue weighted by atomic mass is 35.5. The maximum absolute atomic E-state index is 11.9. The van der Waals surface area contributed by atoms with Gasteiger partial charge in [-0.15, -0.1) is 10.2 Å². The first kappa shape index (κ1) is 15.5. The molecule has 0 atom stereocenters. The number of halogens is 1. The third kappa shape index (κ3) is 3.08. The van der Waals surface area contributed by atoms with Crippen LogP contribution >= 0.6 is 11.6 Å². The second-order valence-corrected chi connectivity index (χ2v) is 7.12. The summed E-state index contributed by atoms with van der Waals surface area (Å²) in [4.78, 5) is 11.1. The fraction of sp³-hybridized carbons (Fsp3) is 0.364. The van der Waals surface area contributed by atoms with Crippen LogP contribution in [-0.4, -0.2) is 31.4 Å². The average Bonchev–Trinajstić information content (AvgIpc) is 2.76. The number of hydrogen-bond acceptors (Lipinski definition) is 7. The Morgan fingerprint density at radius 2 is 1.90 bits per heavy atom. The van der Waals surface area contributed by atoms with Crippen LogP contribution in [0.4, 0.5) is 0 Å². The molecule has 0 fully saturated rings. The Labute approximate surface area is 125 Å². The molecule has 10 heteroatoms. The Morgan fingerprint density at radius 1 is 1.33 bits per heavy atom. The van der Waals surface area contributed by atoms with Crippen LogP contribution in [0.15, 0.2) is 37.7 Å². The van der Waals surface area contributed by atoms with Gasteiger partial charge in [0, 0.05) is 12.7 Å². The van der Waals surface area contributed by atoms with E-state index in [0.717, 1.165) is 12.3 Å². The van der Waals surface area contributed by atoms with Gasteiger partial charge in [0.2, 0.25) is 0 Å². The van der Waals surface area contributed by atoms with Crippen molar-refractivity contribution >= 4 is 27.4 Å². The van der Waals surface area contributed by atoms with E-state index >= 15 is 0 Å². The van der Waals surface area contributed by atoms with E-state index in [1.54, 1.807) is 6.92 Å². The fourth-order valence-electron chi connectivity index (χ4n) is 1.94. The lowest BCUT2D eigenvalue weighted by Gasteiger charge is -2.18. The monoisotopic (exact) mass is 330 g/mol. The SMILES string of the molecule is CC1(Cc2c(S(C)(=O)=O)ccc(C(=O)O)c2Cl)N=NN=N1. The Bertz CT molecular complexity index is 761. The minimum Gasteiger partial charge on any atom is -0.478 e. The van der Waals surface area contributed by atoms with Gasteiger partial charge in [0.15, 0.2) is 15.5 Å². The predicted octanol–water partition coefficient (Wildman–Crippen LogP) is 2.53. The van der Waals surface area contributed by atoms with Crippen molar-refractivity contribution in [3.63, 3.8) is 0 Å². The molecule has 112 valence electrons. The number of aromatic carboxylic acids is 1. The summed E-state index contributed by atoms with van der Waals surface area (Å²) in [7, 11) is -3.59. The molecule has 1 N–H and O–H groups in total. The molecule has 0 bridgehead atoms. The Morgan fingerprint density at radius 3 is 2.38 bits per heavy atom. The van der Waals surface area contributed by atoms with E-state index in [-0.39, 0.29) is 27.5 Å². The second kappa shape index (κ2) is 5.15. The van der Waals surface area contributed by atoms with Gasteiger partial charge in [0.05, 0.1) is 15.5 Å². The van der Waals surface area contributed by atoms with Crippen LogP contribution in [-0.2, 0) is 16.3 Å². The van der Waals surface area contributed by atoms with Crippen molar-refractivity contribution in [2.24, 2.45) is 20.7 Å². The molecule has 0 amide bonds. The molecule has 1 aliphatic heterocycles. The molecule has 0 saturated heterocycles. The van der Waals surface area contributed by atoms with Gasteiger partial charge < -0.3 is 5.11 Å². The summed E-state index contributed by atoms with van der Waals surface area (Å²) in [5, 5.41) is 23.3. The standard InChI is InChI=1S/C11H11ClN4O4S/c1-11(13-15-16-14-11)5-7-8(21(2,19)20)4-3-6(9(7)12)10(17)18/h3-4H,5H2,1-2H3,(H,17,18). The van der Waals surface area contributed by atoms with Gasteiger partial charge in [0.1, 0.15) is 0 Å². The van der Waals surface area contributed by atoms with Crippen LogP contribution in [0.25, 0.3) is 0 Å².